The van der Waals surface area contributed by atoms with Crippen LogP contribution in [0.25, 0.3) is 6.08 Å². The second-order valence-electron chi connectivity index (χ2n) is 4.39. The van der Waals surface area contributed by atoms with E-state index < -0.39 is 0 Å². The van der Waals surface area contributed by atoms with Crippen LogP contribution in [0.4, 0.5) is 0 Å². The quantitative estimate of drug-likeness (QED) is 0.547. The van der Waals surface area contributed by atoms with Crippen LogP contribution in [-0.2, 0) is 6.42 Å². The van der Waals surface area contributed by atoms with Gasteiger partial charge in [-0.1, -0.05) is 69.5 Å². The summed E-state index contributed by atoms with van der Waals surface area (Å²) in [7, 11) is 0. The van der Waals surface area contributed by atoms with E-state index in [4.69, 9.17) is 0 Å². The van der Waals surface area contributed by atoms with Crippen LogP contribution in [-0.4, -0.2) is 0 Å². The van der Waals surface area contributed by atoms with Gasteiger partial charge in [-0.05, 0) is 30.4 Å². The standard InChI is InChI=1S/C16H24/c1-3-5-7-8-10-16-13-11-15(12-14-16)9-6-4-2/h8,10-14H,3-7,9H2,1-2H3. The highest BCUT2D eigenvalue weighted by Gasteiger charge is 1.92. The molecule has 0 aromatic heterocycles. The van der Waals surface area contributed by atoms with Crippen molar-refractivity contribution < 1.29 is 0 Å². The Morgan fingerprint density at radius 2 is 1.62 bits per heavy atom. The minimum absolute atomic E-state index is 1.20. The van der Waals surface area contributed by atoms with E-state index >= 15 is 0 Å². The van der Waals surface area contributed by atoms with Crippen molar-refractivity contribution in [2.75, 3.05) is 0 Å². The van der Waals surface area contributed by atoms with Crippen molar-refractivity contribution >= 4 is 6.08 Å². The summed E-state index contributed by atoms with van der Waals surface area (Å²) in [6.07, 6.45) is 12.1. The zero-order chi connectivity index (χ0) is 11.6. The minimum Gasteiger partial charge on any atom is -0.0839 e. The predicted octanol–water partition coefficient (Wildman–Crippen LogP) is 5.23. The van der Waals surface area contributed by atoms with Gasteiger partial charge in [-0.2, -0.15) is 0 Å². The lowest BCUT2D eigenvalue weighted by Gasteiger charge is -2.00. The zero-order valence-electron chi connectivity index (χ0n) is 10.7. The molecule has 0 radical (unpaired) electrons. The van der Waals surface area contributed by atoms with Gasteiger partial charge < -0.3 is 0 Å². The van der Waals surface area contributed by atoms with Gasteiger partial charge in [0.1, 0.15) is 0 Å². The molecule has 1 rings (SSSR count). The fraction of sp³-hybridized carbons (Fsp3) is 0.500. The van der Waals surface area contributed by atoms with E-state index in [2.05, 4.69) is 50.3 Å². The Balaban J connectivity index is 2.41. The number of allylic oxidation sites excluding steroid dienone is 1. The van der Waals surface area contributed by atoms with Gasteiger partial charge in [0.2, 0.25) is 0 Å². The van der Waals surface area contributed by atoms with Crippen molar-refractivity contribution in [3.8, 4) is 0 Å². The van der Waals surface area contributed by atoms with Crippen LogP contribution in [0, 0.1) is 0 Å². The summed E-state index contributed by atoms with van der Waals surface area (Å²) in [5.41, 5.74) is 2.80. The van der Waals surface area contributed by atoms with E-state index in [0.717, 1.165) is 0 Å². The lowest BCUT2D eigenvalue weighted by molar-refractivity contribution is 0.795. The molecule has 16 heavy (non-hydrogen) atoms. The number of benzene rings is 1. The molecule has 0 spiro atoms. The van der Waals surface area contributed by atoms with Crippen LogP contribution in [0.2, 0.25) is 0 Å². The Morgan fingerprint density at radius 3 is 2.25 bits per heavy atom. The number of hydrogen-bond donors (Lipinski definition) is 0. The Morgan fingerprint density at radius 1 is 0.938 bits per heavy atom. The molecule has 0 fully saturated rings. The highest BCUT2D eigenvalue weighted by atomic mass is 14.0. The Bertz CT molecular complexity index is 292. The molecule has 0 atom stereocenters. The van der Waals surface area contributed by atoms with E-state index in [0.29, 0.717) is 0 Å². The van der Waals surface area contributed by atoms with Crippen molar-refractivity contribution in [2.45, 2.75) is 52.4 Å². The molecule has 0 amide bonds. The number of hydrogen-bond acceptors (Lipinski definition) is 0. The Labute approximate surface area is 100 Å². The summed E-state index contributed by atoms with van der Waals surface area (Å²) < 4.78 is 0. The predicted molar refractivity (Wildman–Crippen MR) is 73.6 cm³/mol. The van der Waals surface area contributed by atoms with Crippen molar-refractivity contribution in [2.24, 2.45) is 0 Å². The number of aryl methyl sites for hydroxylation is 1. The lowest BCUT2D eigenvalue weighted by atomic mass is 10.1. The van der Waals surface area contributed by atoms with E-state index in [9.17, 15) is 0 Å². The van der Waals surface area contributed by atoms with E-state index in [1.807, 2.05) is 0 Å². The third kappa shape index (κ3) is 5.16. The first-order valence-electron chi connectivity index (χ1n) is 6.62. The van der Waals surface area contributed by atoms with Crippen LogP contribution in [0.1, 0.15) is 57.1 Å². The van der Waals surface area contributed by atoms with Gasteiger partial charge in [-0.25, -0.2) is 0 Å². The average molecular weight is 216 g/mol. The van der Waals surface area contributed by atoms with E-state index in [1.165, 1.54) is 49.7 Å². The summed E-state index contributed by atoms with van der Waals surface area (Å²) in [6.45, 7) is 4.47. The van der Waals surface area contributed by atoms with Crippen LogP contribution in [0.3, 0.4) is 0 Å². The van der Waals surface area contributed by atoms with Crippen molar-refractivity contribution in [1.29, 1.82) is 0 Å². The van der Waals surface area contributed by atoms with Crippen molar-refractivity contribution in [3.05, 3.63) is 41.5 Å². The Kier molecular flexibility index (Phi) is 6.64. The molecule has 0 heterocycles. The maximum atomic E-state index is 2.28. The van der Waals surface area contributed by atoms with Crippen LogP contribution in [0.5, 0.6) is 0 Å². The first kappa shape index (κ1) is 13.0. The second kappa shape index (κ2) is 8.15. The SMILES string of the molecule is CCCCC=Cc1ccc(CCCC)cc1. The monoisotopic (exact) mass is 216 g/mol. The average Bonchev–Trinajstić information content (AvgIpc) is 2.33. The van der Waals surface area contributed by atoms with Gasteiger partial charge in [0.15, 0.2) is 0 Å². The minimum atomic E-state index is 1.20. The maximum absolute atomic E-state index is 2.28. The molecule has 0 N–H and O–H groups in total. The highest BCUT2D eigenvalue weighted by Crippen LogP contribution is 2.10. The molecular formula is C16H24. The summed E-state index contributed by atoms with van der Waals surface area (Å²) in [5.74, 6) is 0. The molecule has 1 aromatic carbocycles. The van der Waals surface area contributed by atoms with E-state index in [-0.39, 0.29) is 0 Å². The first-order chi connectivity index (χ1) is 7.86. The largest absolute Gasteiger partial charge is 0.0839 e. The van der Waals surface area contributed by atoms with E-state index in [1.54, 1.807) is 0 Å². The van der Waals surface area contributed by atoms with Gasteiger partial charge in [0.05, 0.1) is 0 Å². The molecule has 0 aliphatic carbocycles. The molecule has 0 saturated heterocycles. The van der Waals surface area contributed by atoms with Crippen molar-refractivity contribution in [1.82, 2.24) is 0 Å². The molecular weight excluding hydrogens is 192 g/mol. The Hall–Kier alpha value is -1.04. The van der Waals surface area contributed by atoms with Gasteiger partial charge in [0, 0.05) is 0 Å². The van der Waals surface area contributed by atoms with Crippen LogP contribution >= 0.6 is 0 Å². The van der Waals surface area contributed by atoms with Gasteiger partial charge in [-0.15, -0.1) is 0 Å². The molecule has 0 heteroatoms. The zero-order valence-corrected chi connectivity index (χ0v) is 10.7. The van der Waals surface area contributed by atoms with Crippen LogP contribution < -0.4 is 0 Å². The fourth-order valence-corrected chi connectivity index (χ4v) is 1.72. The van der Waals surface area contributed by atoms with Crippen molar-refractivity contribution in [3.63, 3.8) is 0 Å². The second-order valence-corrected chi connectivity index (χ2v) is 4.39. The smallest absolute Gasteiger partial charge is 0.0260 e. The van der Waals surface area contributed by atoms with Crippen LogP contribution in [0.15, 0.2) is 30.3 Å². The number of rotatable bonds is 7. The topological polar surface area (TPSA) is 0 Å². The molecule has 0 aliphatic heterocycles. The molecule has 1 aromatic rings. The van der Waals surface area contributed by atoms with Gasteiger partial charge in [0.25, 0.3) is 0 Å². The molecule has 0 nitrogen and oxygen atoms in total. The van der Waals surface area contributed by atoms with Gasteiger partial charge >= 0.3 is 0 Å². The summed E-state index contributed by atoms with van der Waals surface area (Å²) in [5, 5.41) is 0. The lowest BCUT2D eigenvalue weighted by Crippen LogP contribution is -1.84. The summed E-state index contributed by atoms with van der Waals surface area (Å²) in [4.78, 5) is 0. The maximum Gasteiger partial charge on any atom is -0.0260 e. The number of unbranched alkanes of at least 4 members (excludes halogenated alkanes) is 3. The highest BCUT2D eigenvalue weighted by molar-refractivity contribution is 5.49. The molecule has 0 saturated carbocycles. The summed E-state index contributed by atoms with van der Waals surface area (Å²) in [6, 6.07) is 8.98. The molecule has 0 aliphatic rings. The third-order valence-electron chi connectivity index (χ3n) is 2.83. The first-order valence-corrected chi connectivity index (χ1v) is 6.62. The molecule has 0 bridgehead atoms. The normalized spacial score (nSPS) is 11.1. The van der Waals surface area contributed by atoms with Gasteiger partial charge in [-0.3, -0.25) is 0 Å². The molecule has 88 valence electrons. The molecule has 0 unspecified atom stereocenters. The fourth-order valence-electron chi connectivity index (χ4n) is 1.72. The summed E-state index contributed by atoms with van der Waals surface area (Å²) >= 11 is 0. The third-order valence-corrected chi connectivity index (χ3v) is 2.83.